The van der Waals surface area contributed by atoms with Gasteiger partial charge < -0.3 is 21.3 Å². The third-order valence-electron chi connectivity index (χ3n) is 6.34. The van der Waals surface area contributed by atoms with Gasteiger partial charge in [0.25, 0.3) is 5.91 Å². The first kappa shape index (κ1) is 27.0. The van der Waals surface area contributed by atoms with E-state index in [1.807, 2.05) is 32.0 Å². The van der Waals surface area contributed by atoms with E-state index < -0.39 is 0 Å². The van der Waals surface area contributed by atoms with Crippen molar-refractivity contribution in [3.05, 3.63) is 65.1 Å². The Hall–Kier alpha value is -4.01. The molecule has 0 fully saturated rings. The molecule has 0 saturated heterocycles. The number of aromatic nitrogens is 3. The summed E-state index contributed by atoms with van der Waals surface area (Å²) >= 11 is 0. The minimum atomic E-state index is -0.253. The number of pyridine rings is 1. The van der Waals surface area contributed by atoms with Gasteiger partial charge in [-0.15, -0.1) is 0 Å². The molecule has 3 aromatic rings. The predicted octanol–water partition coefficient (Wildman–Crippen LogP) is 4.79. The van der Waals surface area contributed by atoms with Gasteiger partial charge in [-0.25, -0.2) is 4.98 Å². The second kappa shape index (κ2) is 11.2. The largest absolute Gasteiger partial charge is 0.353 e. The Morgan fingerprint density at radius 3 is 2.47 bits per heavy atom. The third-order valence-corrected chi connectivity index (χ3v) is 6.34. The fraction of sp³-hybridized carbons (Fsp3) is 0.414. The van der Waals surface area contributed by atoms with Crippen LogP contribution in [0.4, 0.5) is 23.1 Å². The summed E-state index contributed by atoms with van der Waals surface area (Å²) in [5, 5.41) is 12.5. The molecule has 1 aliphatic carbocycles. The molecule has 0 spiro atoms. The number of carbonyl (C=O) groups excluding carboxylic acids is 2. The molecule has 0 bridgehead atoms. The van der Waals surface area contributed by atoms with Crippen LogP contribution in [0.25, 0.3) is 0 Å². The highest BCUT2D eigenvalue weighted by atomic mass is 16.2. The Balaban J connectivity index is 1.62. The maximum atomic E-state index is 12.9. The first-order valence-corrected chi connectivity index (χ1v) is 13.1. The van der Waals surface area contributed by atoms with E-state index in [0.717, 1.165) is 36.3 Å². The van der Waals surface area contributed by atoms with Gasteiger partial charge in [-0.2, -0.15) is 4.98 Å². The number of hydrogen-bond donors (Lipinski definition) is 4. The molecule has 0 radical (unpaired) electrons. The lowest BCUT2D eigenvalue weighted by atomic mass is 9.88. The molecule has 4 N–H and O–H groups in total. The number of hydrogen-bond acceptors (Lipinski definition) is 7. The summed E-state index contributed by atoms with van der Waals surface area (Å²) in [6.45, 7) is 11.7. The van der Waals surface area contributed by atoms with Crippen molar-refractivity contribution in [2.45, 2.75) is 78.3 Å². The highest BCUT2D eigenvalue weighted by Gasteiger charge is 2.21. The number of carbonyl (C=O) groups is 2. The molecule has 4 rings (SSSR count). The van der Waals surface area contributed by atoms with Crippen LogP contribution in [-0.2, 0) is 23.1 Å². The minimum absolute atomic E-state index is 0.00781. The van der Waals surface area contributed by atoms with E-state index in [9.17, 15) is 9.59 Å². The van der Waals surface area contributed by atoms with Crippen molar-refractivity contribution in [2.75, 3.05) is 10.6 Å². The van der Waals surface area contributed by atoms with Gasteiger partial charge in [0.15, 0.2) is 0 Å². The number of nitrogens with zero attached hydrogens (tertiary/aromatic N) is 3. The van der Waals surface area contributed by atoms with Crippen molar-refractivity contribution in [3.8, 4) is 0 Å². The van der Waals surface area contributed by atoms with Crippen LogP contribution < -0.4 is 21.3 Å². The Morgan fingerprint density at radius 2 is 1.76 bits per heavy atom. The number of anilines is 4. The Morgan fingerprint density at radius 1 is 1.00 bits per heavy atom. The van der Waals surface area contributed by atoms with E-state index in [-0.39, 0.29) is 29.3 Å². The van der Waals surface area contributed by atoms with E-state index in [0.29, 0.717) is 17.3 Å². The van der Waals surface area contributed by atoms with Crippen molar-refractivity contribution in [3.63, 3.8) is 0 Å². The lowest BCUT2D eigenvalue weighted by Crippen LogP contribution is -2.37. The Bertz CT molecular complexity index is 1330. The monoisotopic (exact) mass is 515 g/mol. The standard InChI is InChI=1S/C29H37N7O2/c1-17(2)32-27(38)24-16-31-28(36-26(24)34-23-11-12-30-25(15-23)29(4,5)6)35-22-10-8-19-7-9-21(33-18(3)37)13-20(19)14-22/h8,10-12,14-17,21H,7,9,13H2,1-6H3,(H,32,38)(H,33,37)(H2,30,31,34,35,36). The van der Waals surface area contributed by atoms with Gasteiger partial charge in [-0.05, 0) is 68.5 Å². The van der Waals surface area contributed by atoms with Crippen LogP contribution in [0.2, 0.25) is 0 Å². The summed E-state index contributed by atoms with van der Waals surface area (Å²) in [6, 6.07) is 10.1. The summed E-state index contributed by atoms with van der Waals surface area (Å²) in [4.78, 5) is 38.1. The molecule has 2 aromatic heterocycles. The molecule has 2 amide bonds. The fourth-order valence-electron chi connectivity index (χ4n) is 4.47. The van der Waals surface area contributed by atoms with Crippen LogP contribution in [0.1, 0.15) is 75.1 Å². The van der Waals surface area contributed by atoms with Gasteiger partial charge in [-0.3, -0.25) is 14.6 Å². The molecule has 0 saturated carbocycles. The van der Waals surface area contributed by atoms with Crippen molar-refractivity contribution < 1.29 is 9.59 Å². The summed E-state index contributed by atoms with van der Waals surface area (Å²) in [5.74, 6) is 0.506. The van der Waals surface area contributed by atoms with Crippen LogP contribution in [0.5, 0.6) is 0 Å². The lowest BCUT2D eigenvalue weighted by molar-refractivity contribution is -0.119. The Labute approximate surface area is 224 Å². The summed E-state index contributed by atoms with van der Waals surface area (Å²) < 4.78 is 0. The summed E-state index contributed by atoms with van der Waals surface area (Å²) in [7, 11) is 0. The van der Waals surface area contributed by atoms with Gasteiger partial charge in [0.05, 0.1) is 0 Å². The van der Waals surface area contributed by atoms with Gasteiger partial charge >= 0.3 is 0 Å². The van der Waals surface area contributed by atoms with Crippen LogP contribution in [-0.4, -0.2) is 38.8 Å². The summed E-state index contributed by atoms with van der Waals surface area (Å²) in [6.07, 6.45) is 5.92. The zero-order valence-electron chi connectivity index (χ0n) is 23.0. The van der Waals surface area contributed by atoms with Gasteiger partial charge in [0, 0.05) is 53.9 Å². The molecule has 9 nitrogen and oxygen atoms in total. The molecule has 0 aliphatic heterocycles. The Kier molecular flexibility index (Phi) is 7.94. The highest BCUT2D eigenvalue weighted by Crippen LogP contribution is 2.28. The number of benzene rings is 1. The molecular weight excluding hydrogens is 478 g/mol. The SMILES string of the molecule is CC(=O)NC1CCc2ccc(Nc3ncc(C(=O)NC(C)C)c(Nc4ccnc(C(C)(C)C)c4)n3)cc2C1. The van der Waals surface area contributed by atoms with E-state index >= 15 is 0 Å². The number of aryl methyl sites for hydroxylation is 1. The molecule has 1 aliphatic rings. The van der Waals surface area contributed by atoms with Crippen LogP contribution in [0.3, 0.4) is 0 Å². The number of rotatable bonds is 7. The number of fused-ring (bicyclic) bond motifs is 1. The van der Waals surface area contributed by atoms with Crippen LogP contribution >= 0.6 is 0 Å². The van der Waals surface area contributed by atoms with Gasteiger partial charge in [0.1, 0.15) is 11.4 Å². The number of amides is 2. The molecule has 1 aromatic carbocycles. The zero-order valence-corrected chi connectivity index (χ0v) is 23.0. The molecule has 2 heterocycles. The van der Waals surface area contributed by atoms with Crippen LogP contribution in [0, 0.1) is 0 Å². The quantitative estimate of drug-likeness (QED) is 0.357. The number of nitrogens with one attached hydrogen (secondary N) is 4. The van der Waals surface area contributed by atoms with E-state index in [2.05, 4.69) is 69.1 Å². The first-order chi connectivity index (χ1) is 18.0. The minimum Gasteiger partial charge on any atom is -0.353 e. The molecule has 1 unspecified atom stereocenters. The molecule has 9 heteroatoms. The zero-order chi connectivity index (χ0) is 27.4. The molecule has 200 valence electrons. The predicted molar refractivity (Wildman–Crippen MR) is 150 cm³/mol. The molecular formula is C29H37N7O2. The van der Waals surface area contributed by atoms with Gasteiger partial charge in [-0.1, -0.05) is 26.8 Å². The fourth-order valence-corrected chi connectivity index (χ4v) is 4.47. The average molecular weight is 516 g/mol. The van der Waals surface area contributed by atoms with E-state index in [4.69, 9.17) is 0 Å². The van der Waals surface area contributed by atoms with E-state index in [1.54, 1.807) is 13.1 Å². The van der Waals surface area contributed by atoms with Crippen molar-refractivity contribution >= 4 is 35.0 Å². The van der Waals surface area contributed by atoms with Crippen molar-refractivity contribution in [1.82, 2.24) is 25.6 Å². The molecule has 38 heavy (non-hydrogen) atoms. The van der Waals surface area contributed by atoms with Crippen LogP contribution in [0.15, 0.2) is 42.7 Å². The van der Waals surface area contributed by atoms with E-state index in [1.165, 1.54) is 17.3 Å². The average Bonchev–Trinajstić information content (AvgIpc) is 2.83. The highest BCUT2D eigenvalue weighted by molar-refractivity contribution is 5.99. The third kappa shape index (κ3) is 6.85. The van der Waals surface area contributed by atoms with Gasteiger partial charge in [0.2, 0.25) is 11.9 Å². The smallest absolute Gasteiger partial charge is 0.256 e. The maximum Gasteiger partial charge on any atom is 0.256 e. The second-order valence-corrected chi connectivity index (χ2v) is 11.1. The second-order valence-electron chi connectivity index (χ2n) is 11.1. The first-order valence-electron chi connectivity index (χ1n) is 13.1. The summed E-state index contributed by atoms with van der Waals surface area (Å²) in [5.41, 5.74) is 5.25. The normalized spacial score (nSPS) is 15.0. The molecule has 1 atom stereocenters. The topological polar surface area (TPSA) is 121 Å². The van der Waals surface area contributed by atoms with Crippen molar-refractivity contribution in [2.24, 2.45) is 0 Å². The lowest BCUT2D eigenvalue weighted by Gasteiger charge is -2.25. The van der Waals surface area contributed by atoms with Crippen molar-refractivity contribution in [1.29, 1.82) is 0 Å². The maximum absolute atomic E-state index is 12.9.